The summed E-state index contributed by atoms with van der Waals surface area (Å²) >= 11 is 1.66. The molecule has 6 heteroatoms. The fourth-order valence-corrected chi connectivity index (χ4v) is 2.51. The Morgan fingerprint density at radius 3 is 2.52 bits per heavy atom. The van der Waals surface area contributed by atoms with Crippen molar-refractivity contribution in [2.75, 3.05) is 0 Å². The largest absolute Gasteiger partial charge is 0.444 e. The van der Waals surface area contributed by atoms with Crippen LogP contribution in [-0.2, 0) is 16.1 Å². The lowest BCUT2D eigenvalue weighted by Gasteiger charge is -2.21. The highest BCUT2D eigenvalue weighted by molar-refractivity contribution is 7.11. The number of amides is 2. The Labute approximate surface area is 130 Å². The molecule has 0 aliphatic rings. The summed E-state index contributed by atoms with van der Waals surface area (Å²) in [6.45, 7) is 9.73. The van der Waals surface area contributed by atoms with Crippen molar-refractivity contribution in [3.63, 3.8) is 0 Å². The number of carbonyl (C=O) groups is 2. The van der Waals surface area contributed by atoms with Crippen molar-refractivity contribution in [2.45, 2.75) is 59.2 Å². The molecule has 1 rings (SSSR count). The fourth-order valence-electron chi connectivity index (χ4n) is 1.68. The molecule has 2 N–H and O–H groups in total. The second kappa shape index (κ2) is 7.45. The zero-order valence-electron chi connectivity index (χ0n) is 13.3. The van der Waals surface area contributed by atoms with E-state index in [2.05, 4.69) is 10.6 Å². The van der Waals surface area contributed by atoms with Crippen molar-refractivity contribution in [3.05, 3.63) is 21.9 Å². The molecular formula is C15H24N2O3S. The van der Waals surface area contributed by atoms with Crippen LogP contribution in [0.2, 0.25) is 0 Å². The van der Waals surface area contributed by atoms with Gasteiger partial charge >= 0.3 is 6.09 Å². The number of thiophene rings is 1. The number of ether oxygens (including phenoxy) is 1. The van der Waals surface area contributed by atoms with Crippen LogP contribution in [-0.4, -0.2) is 23.6 Å². The van der Waals surface area contributed by atoms with Crippen molar-refractivity contribution in [2.24, 2.45) is 0 Å². The predicted octanol–water partition coefficient (Wildman–Crippen LogP) is 2.98. The monoisotopic (exact) mass is 312 g/mol. The SMILES string of the molecule is Cc1ccc(CNC(=O)CC(C)NC(=O)OC(C)(C)C)s1. The standard InChI is InChI=1S/C15H24N2O3S/c1-10(17-14(19)20-15(3,4)5)8-13(18)16-9-12-7-6-11(2)21-12/h6-7,10H,8-9H2,1-5H3,(H,16,18)(H,17,19). The molecule has 5 nitrogen and oxygen atoms in total. The predicted molar refractivity (Wildman–Crippen MR) is 84.4 cm³/mol. The Bertz CT molecular complexity index is 491. The lowest BCUT2D eigenvalue weighted by Crippen LogP contribution is -2.40. The second-order valence-corrected chi connectivity index (χ2v) is 7.41. The van der Waals surface area contributed by atoms with Crippen LogP contribution in [0, 0.1) is 6.92 Å². The van der Waals surface area contributed by atoms with E-state index in [-0.39, 0.29) is 18.4 Å². The van der Waals surface area contributed by atoms with Gasteiger partial charge in [-0.1, -0.05) is 0 Å². The Hall–Kier alpha value is -1.56. The summed E-state index contributed by atoms with van der Waals surface area (Å²) in [6, 6.07) is 3.76. The smallest absolute Gasteiger partial charge is 0.407 e. The van der Waals surface area contributed by atoms with Crippen LogP contribution in [0.1, 0.15) is 43.9 Å². The summed E-state index contributed by atoms with van der Waals surface area (Å²) in [6.07, 6.45) is -0.277. The molecule has 0 spiro atoms. The van der Waals surface area contributed by atoms with Crippen molar-refractivity contribution in [1.82, 2.24) is 10.6 Å². The number of rotatable bonds is 5. The van der Waals surface area contributed by atoms with Gasteiger partial charge in [0.2, 0.25) is 5.91 Å². The quantitative estimate of drug-likeness (QED) is 0.878. The van der Waals surface area contributed by atoms with Crippen LogP contribution in [0.3, 0.4) is 0 Å². The van der Waals surface area contributed by atoms with Crippen molar-refractivity contribution >= 4 is 23.3 Å². The third-order valence-corrected chi connectivity index (χ3v) is 3.51. The van der Waals surface area contributed by atoms with Gasteiger partial charge in [0.1, 0.15) is 5.60 Å². The van der Waals surface area contributed by atoms with E-state index in [9.17, 15) is 9.59 Å². The molecule has 0 aromatic carbocycles. The summed E-state index contributed by atoms with van der Waals surface area (Å²) in [5, 5.41) is 5.49. The molecular weight excluding hydrogens is 288 g/mol. The van der Waals surface area contributed by atoms with Gasteiger partial charge in [-0.25, -0.2) is 4.79 Å². The van der Waals surface area contributed by atoms with Gasteiger partial charge in [-0.2, -0.15) is 0 Å². The highest BCUT2D eigenvalue weighted by Gasteiger charge is 2.18. The number of nitrogens with one attached hydrogen (secondary N) is 2. The number of hydrogen-bond donors (Lipinski definition) is 2. The normalized spacial score (nSPS) is 12.6. The van der Waals surface area contributed by atoms with E-state index in [0.717, 1.165) is 4.88 Å². The van der Waals surface area contributed by atoms with Gasteiger partial charge in [0.05, 0.1) is 6.54 Å². The van der Waals surface area contributed by atoms with E-state index in [1.54, 1.807) is 39.0 Å². The molecule has 0 saturated carbocycles. The lowest BCUT2D eigenvalue weighted by atomic mass is 10.2. The first-order chi connectivity index (χ1) is 9.65. The fraction of sp³-hybridized carbons (Fsp3) is 0.600. The average molecular weight is 312 g/mol. The molecule has 118 valence electrons. The van der Waals surface area contributed by atoms with Gasteiger partial charge in [-0.15, -0.1) is 11.3 Å². The zero-order chi connectivity index (χ0) is 16.0. The molecule has 21 heavy (non-hydrogen) atoms. The summed E-state index contributed by atoms with van der Waals surface area (Å²) in [7, 11) is 0. The van der Waals surface area contributed by atoms with Crippen LogP contribution in [0.5, 0.6) is 0 Å². The maximum atomic E-state index is 11.8. The van der Waals surface area contributed by atoms with Crippen molar-refractivity contribution in [1.29, 1.82) is 0 Å². The molecule has 1 heterocycles. The Balaban J connectivity index is 2.28. The van der Waals surface area contributed by atoms with Gasteiger partial charge < -0.3 is 15.4 Å². The third-order valence-electron chi connectivity index (χ3n) is 2.51. The summed E-state index contributed by atoms with van der Waals surface area (Å²) < 4.78 is 5.14. The molecule has 1 aromatic rings. The van der Waals surface area contributed by atoms with E-state index < -0.39 is 11.7 Å². The van der Waals surface area contributed by atoms with E-state index in [0.29, 0.717) is 6.54 Å². The lowest BCUT2D eigenvalue weighted by molar-refractivity contribution is -0.121. The topological polar surface area (TPSA) is 67.4 Å². The summed E-state index contributed by atoms with van der Waals surface area (Å²) in [5.74, 6) is -0.0930. The van der Waals surface area contributed by atoms with E-state index >= 15 is 0 Å². The summed E-state index contributed by atoms with van der Waals surface area (Å²) in [4.78, 5) is 25.7. The van der Waals surface area contributed by atoms with Gasteiger partial charge in [0.15, 0.2) is 0 Å². The minimum atomic E-state index is -0.539. The van der Waals surface area contributed by atoms with Crippen LogP contribution < -0.4 is 10.6 Å². The highest BCUT2D eigenvalue weighted by atomic mass is 32.1. The Morgan fingerprint density at radius 1 is 1.33 bits per heavy atom. The van der Waals surface area contributed by atoms with Crippen molar-refractivity contribution < 1.29 is 14.3 Å². The van der Waals surface area contributed by atoms with E-state index in [4.69, 9.17) is 4.74 Å². The van der Waals surface area contributed by atoms with Gasteiger partial charge in [0.25, 0.3) is 0 Å². The number of aryl methyl sites for hydroxylation is 1. The molecule has 0 aliphatic carbocycles. The second-order valence-electron chi connectivity index (χ2n) is 6.04. The molecule has 0 saturated heterocycles. The maximum absolute atomic E-state index is 11.8. The molecule has 0 fully saturated rings. The average Bonchev–Trinajstić information content (AvgIpc) is 2.69. The van der Waals surface area contributed by atoms with Crippen LogP contribution in [0.25, 0.3) is 0 Å². The first kappa shape index (κ1) is 17.5. The maximum Gasteiger partial charge on any atom is 0.407 e. The Morgan fingerprint density at radius 2 is 2.00 bits per heavy atom. The third kappa shape index (κ3) is 7.70. The molecule has 1 unspecified atom stereocenters. The highest BCUT2D eigenvalue weighted by Crippen LogP contribution is 2.14. The summed E-state index contributed by atoms with van der Waals surface area (Å²) in [5.41, 5.74) is -0.539. The van der Waals surface area contributed by atoms with Crippen molar-refractivity contribution in [3.8, 4) is 0 Å². The Kier molecular flexibility index (Phi) is 6.20. The first-order valence-electron chi connectivity index (χ1n) is 6.97. The molecule has 1 atom stereocenters. The van der Waals surface area contributed by atoms with Gasteiger partial charge in [-0.05, 0) is 46.8 Å². The van der Waals surface area contributed by atoms with Gasteiger partial charge in [0, 0.05) is 22.2 Å². The number of hydrogen-bond acceptors (Lipinski definition) is 4. The van der Waals surface area contributed by atoms with Crippen LogP contribution in [0.4, 0.5) is 4.79 Å². The zero-order valence-corrected chi connectivity index (χ0v) is 14.1. The van der Waals surface area contributed by atoms with E-state index in [1.165, 1.54) is 4.88 Å². The minimum absolute atomic E-state index is 0.0930. The number of alkyl carbamates (subject to hydrolysis) is 1. The molecule has 0 bridgehead atoms. The molecule has 0 radical (unpaired) electrons. The minimum Gasteiger partial charge on any atom is -0.444 e. The molecule has 1 aromatic heterocycles. The number of carbonyl (C=O) groups excluding carboxylic acids is 2. The van der Waals surface area contributed by atoms with E-state index in [1.807, 2.05) is 19.1 Å². The van der Waals surface area contributed by atoms with Crippen LogP contribution >= 0.6 is 11.3 Å². The molecule has 2 amide bonds. The van der Waals surface area contributed by atoms with Gasteiger partial charge in [-0.3, -0.25) is 4.79 Å². The first-order valence-corrected chi connectivity index (χ1v) is 7.79. The molecule has 0 aliphatic heterocycles. The van der Waals surface area contributed by atoms with Crippen LogP contribution in [0.15, 0.2) is 12.1 Å².